The third-order valence-electron chi connectivity index (χ3n) is 2.48. The molecule has 1 rings (SSSR count). The lowest BCUT2D eigenvalue weighted by atomic mass is 10.1. The number of hydrogen-bond acceptors (Lipinski definition) is 4. The Morgan fingerprint density at radius 1 is 1.29 bits per heavy atom. The first kappa shape index (κ1) is 17.4. The zero-order valence-electron chi connectivity index (χ0n) is 12.1. The van der Waals surface area contributed by atoms with Crippen LogP contribution in [0, 0.1) is 5.92 Å². The molecule has 0 atom stereocenters. The predicted octanol–water partition coefficient (Wildman–Crippen LogP) is 1.02. The van der Waals surface area contributed by atoms with Crippen LogP contribution in [0.25, 0.3) is 0 Å². The molecular formula is C13H20N4O2S2. The molecule has 0 aliphatic heterocycles. The summed E-state index contributed by atoms with van der Waals surface area (Å²) in [5, 5.41) is 7.66. The second kappa shape index (κ2) is 9.30. The molecule has 1 aromatic rings. The molecule has 0 aliphatic rings. The molecule has 1 aromatic heterocycles. The van der Waals surface area contributed by atoms with Crippen LogP contribution in [0.2, 0.25) is 0 Å². The lowest BCUT2D eigenvalue weighted by Gasteiger charge is -2.12. The van der Waals surface area contributed by atoms with Crippen molar-refractivity contribution in [2.45, 2.75) is 20.3 Å². The van der Waals surface area contributed by atoms with Gasteiger partial charge in [0.2, 0.25) is 0 Å². The summed E-state index contributed by atoms with van der Waals surface area (Å²) < 4.78 is 0. The molecule has 4 N–H and O–H groups in total. The minimum Gasteiger partial charge on any atom is -0.361 e. The first-order valence-corrected chi connectivity index (χ1v) is 7.92. The van der Waals surface area contributed by atoms with Gasteiger partial charge in [0.1, 0.15) is 0 Å². The van der Waals surface area contributed by atoms with Crippen molar-refractivity contribution in [3.8, 4) is 0 Å². The van der Waals surface area contributed by atoms with Crippen LogP contribution in [0.3, 0.4) is 0 Å². The monoisotopic (exact) mass is 328 g/mol. The standard InChI is InChI=1S/C13H20N4O2S2/c1-9(2)5-6-14-13(20)17-16-11(18)8-15-12(19)10-4-3-7-21-10/h3-4,7,9H,5-6,8H2,1-2H3,(H,15,19)(H,16,18)(H2,14,17,20). The number of nitrogens with one attached hydrogen (secondary N) is 4. The quantitative estimate of drug-likeness (QED) is 0.463. The topological polar surface area (TPSA) is 82.3 Å². The van der Waals surface area contributed by atoms with E-state index in [4.69, 9.17) is 12.2 Å². The number of thiocarbonyl (C=S) groups is 1. The number of carbonyl (C=O) groups excluding carboxylic acids is 2. The summed E-state index contributed by atoms with van der Waals surface area (Å²) in [6.07, 6.45) is 0.993. The van der Waals surface area contributed by atoms with Crippen molar-refractivity contribution in [2.24, 2.45) is 5.92 Å². The van der Waals surface area contributed by atoms with Crippen LogP contribution < -0.4 is 21.5 Å². The van der Waals surface area contributed by atoms with Gasteiger partial charge in [-0.15, -0.1) is 11.3 Å². The Kier molecular flexibility index (Phi) is 7.70. The molecule has 0 bridgehead atoms. The highest BCUT2D eigenvalue weighted by atomic mass is 32.1. The molecule has 0 radical (unpaired) electrons. The van der Waals surface area contributed by atoms with Crippen LogP contribution >= 0.6 is 23.6 Å². The molecule has 6 nitrogen and oxygen atoms in total. The van der Waals surface area contributed by atoms with Gasteiger partial charge in [0, 0.05) is 6.54 Å². The van der Waals surface area contributed by atoms with Crippen molar-refractivity contribution in [2.75, 3.05) is 13.1 Å². The van der Waals surface area contributed by atoms with Gasteiger partial charge in [-0.25, -0.2) is 0 Å². The van der Waals surface area contributed by atoms with Crippen molar-refractivity contribution in [3.05, 3.63) is 22.4 Å². The van der Waals surface area contributed by atoms with Gasteiger partial charge in [0.05, 0.1) is 11.4 Å². The molecule has 0 unspecified atom stereocenters. The fraction of sp³-hybridized carbons (Fsp3) is 0.462. The molecule has 0 fully saturated rings. The lowest BCUT2D eigenvalue weighted by Crippen LogP contribution is -2.49. The number of amides is 2. The summed E-state index contributed by atoms with van der Waals surface area (Å²) in [5.74, 6) is -0.0481. The van der Waals surface area contributed by atoms with Gasteiger partial charge in [-0.05, 0) is 36.0 Å². The molecule has 0 saturated heterocycles. The van der Waals surface area contributed by atoms with E-state index in [2.05, 4.69) is 35.3 Å². The average Bonchev–Trinajstić information content (AvgIpc) is 2.96. The minimum atomic E-state index is -0.368. The Morgan fingerprint density at radius 2 is 2.05 bits per heavy atom. The number of hydrogen-bond donors (Lipinski definition) is 4. The number of carbonyl (C=O) groups is 2. The van der Waals surface area contributed by atoms with E-state index in [0.29, 0.717) is 15.9 Å². The second-order valence-electron chi connectivity index (χ2n) is 4.77. The first-order valence-electron chi connectivity index (χ1n) is 6.63. The Hall–Kier alpha value is -1.67. The minimum absolute atomic E-state index is 0.113. The molecule has 0 saturated carbocycles. The summed E-state index contributed by atoms with van der Waals surface area (Å²) in [4.78, 5) is 23.7. The van der Waals surface area contributed by atoms with Crippen LogP contribution in [0.4, 0.5) is 0 Å². The van der Waals surface area contributed by atoms with Gasteiger partial charge in [-0.2, -0.15) is 0 Å². The predicted molar refractivity (Wildman–Crippen MR) is 88.0 cm³/mol. The average molecular weight is 328 g/mol. The molecule has 0 aromatic carbocycles. The Bertz CT molecular complexity index is 475. The van der Waals surface area contributed by atoms with Crippen LogP contribution in [0.5, 0.6) is 0 Å². The van der Waals surface area contributed by atoms with Gasteiger partial charge in [0.25, 0.3) is 11.8 Å². The van der Waals surface area contributed by atoms with E-state index in [1.54, 1.807) is 17.5 Å². The molecule has 0 spiro atoms. The van der Waals surface area contributed by atoms with E-state index in [1.165, 1.54) is 11.3 Å². The van der Waals surface area contributed by atoms with Crippen LogP contribution in [0.1, 0.15) is 29.9 Å². The van der Waals surface area contributed by atoms with E-state index < -0.39 is 0 Å². The Morgan fingerprint density at radius 3 is 2.67 bits per heavy atom. The fourth-order valence-electron chi connectivity index (χ4n) is 1.34. The van der Waals surface area contributed by atoms with Gasteiger partial charge >= 0.3 is 0 Å². The SMILES string of the molecule is CC(C)CCNC(=S)NNC(=O)CNC(=O)c1cccs1. The first-order chi connectivity index (χ1) is 9.99. The molecular weight excluding hydrogens is 308 g/mol. The van der Waals surface area contributed by atoms with Gasteiger partial charge in [-0.3, -0.25) is 20.4 Å². The van der Waals surface area contributed by atoms with Crippen LogP contribution in [-0.2, 0) is 4.79 Å². The number of hydrazine groups is 1. The lowest BCUT2D eigenvalue weighted by molar-refractivity contribution is -0.120. The smallest absolute Gasteiger partial charge is 0.261 e. The van der Waals surface area contributed by atoms with Crippen molar-refractivity contribution < 1.29 is 9.59 Å². The van der Waals surface area contributed by atoms with Crippen LogP contribution in [0.15, 0.2) is 17.5 Å². The van der Waals surface area contributed by atoms with E-state index in [0.717, 1.165) is 13.0 Å². The van der Waals surface area contributed by atoms with Crippen LogP contribution in [-0.4, -0.2) is 30.0 Å². The highest BCUT2D eigenvalue weighted by Crippen LogP contribution is 2.07. The summed E-state index contributed by atoms with van der Waals surface area (Å²) in [5.41, 5.74) is 5.00. The Labute approximate surface area is 133 Å². The third kappa shape index (κ3) is 7.62. The van der Waals surface area contributed by atoms with Gasteiger partial charge in [-0.1, -0.05) is 19.9 Å². The van der Waals surface area contributed by atoms with E-state index in [-0.39, 0.29) is 18.4 Å². The molecule has 116 valence electrons. The van der Waals surface area contributed by atoms with Crippen molar-refractivity contribution in [1.29, 1.82) is 0 Å². The summed E-state index contributed by atoms with van der Waals surface area (Å²) >= 11 is 6.32. The van der Waals surface area contributed by atoms with Crippen molar-refractivity contribution in [1.82, 2.24) is 21.5 Å². The maximum Gasteiger partial charge on any atom is 0.261 e. The summed E-state index contributed by atoms with van der Waals surface area (Å²) in [7, 11) is 0. The summed E-state index contributed by atoms with van der Waals surface area (Å²) in [6.45, 7) is 4.87. The second-order valence-corrected chi connectivity index (χ2v) is 6.13. The maximum atomic E-state index is 11.6. The highest BCUT2D eigenvalue weighted by Gasteiger charge is 2.08. The molecule has 0 aliphatic carbocycles. The Balaban J connectivity index is 2.13. The maximum absolute atomic E-state index is 11.6. The van der Waals surface area contributed by atoms with Crippen molar-refractivity contribution >= 4 is 40.5 Å². The third-order valence-corrected chi connectivity index (χ3v) is 3.59. The fourth-order valence-corrected chi connectivity index (χ4v) is 2.14. The van der Waals surface area contributed by atoms with E-state index >= 15 is 0 Å². The zero-order valence-corrected chi connectivity index (χ0v) is 13.7. The molecule has 2 amide bonds. The highest BCUT2D eigenvalue weighted by molar-refractivity contribution is 7.80. The molecule has 8 heteroatoms. The molecule has 21 heavy (non-hydrogen) atoms. The summed E-state index contributed by atoms with van der Waals surface area (Å²) in [6, 6.07) is 3.48. The van der Waals surface area contributed by atoms with Gasteiger partial charge in [0.15, 0.2) is 5.11 Å². The van der Waals surface area contributed by atoms with Crippen molar-refractivity contribution in [3.63, 3.8) is 0 Å². The normalized spacial score (nSPS) is 10.0. The largest absolute Gasteiger partial charge is 0.361 e. The molecule has 1 heterocycles. The number of rotatable bonds is 6. The number of thiophene rings is 1. The van der Waals surface area contributed by atoms with E-state index in [1.807, 2.05) is 0 Å². The van der Waals surface area contributed by atoms with E-state index in [9.17, 15) is 9.59 Å². The van der Waals surface area contributed by atoms with Gasteiger partial charge < -0.3 is 10.6 Å². The zero-order chi connectivity index (χ0) is 15.7.